The van der Waals surface area contributed by atoms with Crippen molar-refractivity contribution in [2.45, 2.75) is 44.8 Å². The van der Waals surface area contributed by atoms with Crippen molar-refractivity contribution in [3.63, 3.8) is 0 Å². The lowest BCUT2D eigenvalue weighted by molar-refractivity contribution is -0.204. The van der Waals surface area contributed by atoms with Gasteiger partial charge in [-0.3, -0.25) is 4.55 Å². The molecule has 4 aliphatic rings. The third-order valence-corrected chi connectivity index (χ3v) is 7.46. The van der Waals surface area contributed by atoms with Crippen LogP contribution < -0.4 is 4.74 Å². The molecule has 9 heteroatoms. The first-order valence-corrected chi connectivity index (χ1v) is 11.9. The molecule has 1 unspecified atom stereocenters. The minimum atomic E-state index is -4.24. The Balaban J connectivity index is 1.48. The van der Waals surface area contributed by atoms with Crippen LogP contribution in [0.2, 0.25) is 0 Å². The van der Waals surface area contributed by atoms with Crippen molar-refractivity contribution >= 4 is 16.1 Å². The minimum Gasteiger partial charge on any atom is -0.461 e. The second-order valence-electron chi connectivity index (χ2n) is 9.03. The molecule has 1 N–H and O–H groups in total. The van der Waals surface area contributed by atoms with E-state index < -0.39 is 40.6 Å². The van der Waals surface area contributed by atoms with Crippen molar-refractivity contribution < 1.29 is 36.4 Å². The molecule has 0 amide bonds. The second kappa shape index (κ2) is 8.09. The van der Waals surface area contributed by atoms with Crippen molar-refractivity contribution in [3.8, 4) is 5.75 Å². The number of benzene rings is 1. The van der Waals surface area contributed by atoms with Crippen molar-refractivity contribution in [1.82, 2.24) is 0 Å². The highest BCUT2D eigenvalue weighted by Crippen LogP contribution is 2.61. The van der Waals surface area contributed by atoms with Crippen LogP contribution in [0.15, 0.2) is 18.2 Å². The van der Waals surface area contributed by atoms with Crippen LogP contribution in [0.25, 0.3) is 0 Å². The molecule has 7 nitrogen and oxygen atoms in total. The molecule has 30 heavy (non-hydrogen) atoms. The molecule has 4 fully saturated rings. The SMILES string of the molecule is COC(Oc1cc(C(=O)OCCS(=O)(=O)O)ccc1F)C12CC3CC(CC(C3)C1)C2. The molecule has 4 saturated carbocycles. The summed E-state index contributed by atoms with van der Waals surface area (Å²) >= 11 is 0. The molecule has 5 rings (SSSR count). The van der Waals surface area contributed by atoms with Crippen LogP contribution in [0.4, 0.5) is 4.39 Å². The highest BCUT2D eigenvalue weighted by Gasteiger charge is 2.55. The monoisotopic (exact) mass is 442 g/mol. The van der Waals surface area contributed by atoms with Gasteiger partial charge in [-0.2, -0.15) is 8.42 Å². The van der Waals surface area contributed by atoms with E-state index in [1.807, 2.05) is 0 Å². The van der Waals surface area contributed by atoms with Crippen LogP contribution >= 0.6 is 0 Å². The number of rotatable bonds is 8. The third kappa shape index (κ3) is 4.48. The molecule has 0 radical (unpaired) electrons. The fraction of sp³-hybridized carbons (Fsp3) is 0.667. The fourth-order valence-electron chi connectivity index (χ4n) is 6.05. The Morgan fingerprint density at radius 3 is 2.33 bits per heavy atom. The molecular formula is C21H27FO7S. The first-order chi connectivity index (χ1) is 14.2. The van der Waals surface area contributed by atoms with E-state index in [1.165, 1.54) is 31.4 Å². The normalized spacial score (nSPS) is 30.8. The van der Waals surface area contributed by atoms with E-state index in [1.54, 1.807) is 7.11 Å². The molecule has 166 valence electrons. The van der Waals surface area contributed by atoms with Crippen molar-refractivity contribution in [3.05, 3.63) is 29.6 Å². The van der Waals surface area contributed by atoms with Crippen LogP contribution in [0, 0.1) is 29.0 Å². The van der Waals surface area contributed by atoms with Gasteiger partial charge in [0.15, 0.2) is 11.6 Å². The zero-order valence-electron chi connectivity index (χ0n) is 16.9. The summed E-state index contributed by atoms with van der Waals surface area (Å²) in [6.45, 7) is -0.501. The lowest BCUT2D eigenvalue weighted by Gasteiger charge is -2.58. The minimum absolute atomic E-state index is 0.0297. The molecule has 0 spiro atoms. The van der Waals surface area contributed by atoms with Crippen molar-refractivity contribution in [2.75, 3.05) is 19.5 Å². The molecule has 0 heterocycles. The van der Waals surface area contributed by atoms with E-state index in [-0.39, 0.29) is 16.7 Å². The van der Waals surface area contributed by atoms with Gasteiger partial charge in [-0.25, -0.2) is 9.18 Å². The lowest BCUT2D eigenvalue weighted by Crippen LogP contribution is -2.54. The van der Waals surface area contributed by atoms with Crippen molar-refractivity contribution in [2.24, 2.45) is 23.2 Å². The van der Waals surface area contributed by atoms with Gasteiger partial charge >= 0.3 is 5.97 Å². The number of hydrogen-bond donors (Lipinski definition) is 1. The van der Waals surface area contributed by atoms with Crippen LogP contribution in [0.5, 0.6) is 5.75 Å². The number of halogens is 1. The van der Waals surface area contributed by atoms with Gasteiger partial charge in [0.2, 0.25) is 6.29 Å². The predicted octanol–water partition coefficient (Wildman–Crippen LogP) is 3.44. The van der Waals surface area contributed by atoms with Gasteiger partial charge in [0.1, 0.15) is 12.4 Å². The first kappa shape index (κ1) is 21.5. The number of carbonyl (C=O) groups excluding carboxylic acids is 1. The Morgan fingerprint density at radius 1 is 1.20 bits per heavy atom. The van der Waals surface area contributed by atoms with Crippen LogP contribution in [-0.2, 0) is 19.6 Å². The zero-order chi connectivity index (χ0) is 21.5. The number of ether oxygens (including phenoxy) is 3. The highest BCUT2D eigenvalue weighted by atomic mass is 32.2. The Labute approximate surface area is 175 Å². The van der Waals surface area contributed by atoms with E-state index in [2.05, 4.69) is 0 Å². The summed E-state index contributed by atoms with van der Waals surface area (Å²) < 4.78 is 61.2. The lowest BCUT2D eigenvalue weighted by atomic mass is 9.49. The molecule has 0 saturated heterocycles. The summed E-state index contributed by atoms with van der Waals surface area (Å²) in [5, 5.41) is 0. The summed E-state index contributed by atoms with van der Waals surface area (Å²) in [5.41, 5.74) is -0.107. The fourth-order valence-corrected chi connectivity index (χ4v) is 6.34. The van der Waals surface area contributed by atoms with Gasteiger partial charge in [0, 0.05) is 12.5 Å². The molecule has 0 aromatic heterocycles. The van der Waals surface area contributed by atoms with E-state index in [0.29, 0.717) is 17.8 Å². The second-order valence-corrected chi connectivity index (χ2v) is 10.6. The largest absolute Gasteiger partial charge is 0.461 e. The van der Waals surface area contributed by atoms with Crippen LogP contribution in [0.3, 0.4) is 0 Å². The van der Waals surface area contributed by atoms with E-state index in [0.717, 1.165) is 25.3 Å². The predicted molar refractivity (Wildman–Crippen MR) is 105 cm³/mol. The van der Waals surface area contributed by atoms with Gasteiger partial charge in [0.25, 0.3) is 10.1 Å². The summed E-state index contributed by atoms with van der Waals surface area (Å²) in [7, 11) is -2.67. The quantitative estimate of drug-likeness (QED) is 0.374. The standard InChI is InChI=1S/C21H27FO7S/c1-27-20(21-10-13-6-14(11-21)8-15(7-13)12-21)29-18-9-16(2-3-17(18)22)19(23)28-4-5-30(24,25)26/h2-3,9,13-15,20H,4-8,10-12H2,1H3,(H,24,25,26). The van der Waals surface area contributed by atoms with Crippen LogP contribution in [-0.4, -0.2) is 44.7 Å². The molecule has 1 aromatic rings. The molecule has 4 aliphatic carbocycles. The zero-order valence-corrected chi connectivity index (χ0v) is 17.7. The Morgan fingerprint density at radius 2 is 1.80 bits per heavy atom. The molecule has 1 aromatic carbocycles. The van der Waals surface area contributed by atoms with Crippen molar-refractivity contribution in [1.29, 1.82) is 0 Å². The van der Waals surface area contributed by atoms with Gasteiger partial charge in [0.05, 0.1) is 5.56 Å². The third-order valence-electron chi connectivity index (χ3n) is 6.78. The molecule has 4 bridgehead atoms. The summed E-state index contributed by atoms with van der Waals surface area (Å²) in [6.07, 6.45) is 6.20. The van der Waals surface area contributed by atoms with E-state index in [4.69, 9.17) is 18.8 Å². The van der Waals surface area contributed by atoms with Gasteiger partial charge in [-0.05, 0) is 74.5 Å². The van der Waals surface area contributed by atoms with Gasteiger partial charge in [-0.1, -0.05) is 0 Å². The maximum atomic E-state index is 14.5. The number of hydrogen-bond acceptors (Lipinski definition) is 6. The summed E-state index contributed by atoms with van der Waals surface area (Å²) in [4.78, 5) is 12.2. The maximum Gasteiger partial charge on any atom is 0.338 e. The van der Waals surface area contributed by atoms with E-state index in [9.17, 15) is 17.6 Å². The number of carbonyl (C=O) groups is 1. The smallest absolute Gasteiger partial charge is 0.338 e. The Kier molecular flexibility index (Phi) is 5.80. The average molecular weight is 443 g/mol. The van der Waals surface area contributed by atoms with Gasteiger partial charge in [-0.15, -0.1) is 0 Å². The summed E-state index contributed by atoms with van der Waals surface area (Å²) in [5.74, 6) is -0.226. The van der Waals surface area contributed by atoms with Crippen LogP contribution in [0.1, 0.15) is 48.9 Å². The molecule has 0 aliphatic heterocycles. The Hall–Kier alpha value is -1.71. The maximum absolute atomic E-state index is 14.5. The van der Waals surface area contributed by atoms with E-state index >= 15 is 0 Å². The number of esters is 1. The summed E-state index contributed by atoms with van der Waals surface area (Å²) in [6, 6.07) is 3.60. The average Bonchev–Trinajstić information content (AvgIpc) is 2.65. The highest BCUT2D eigenvalue weighted by molar-refractivity contribution is 7.85. The molecular weight excluding hydrogens is 415 g/mol. The Bertz CT molecular complexity index is 879. The first-order valence-electron chi connectivity index (χ1n) is 10.3. The topological polar surface area (TPSA) is 99.1 Å². The molecule has 1 atom stereocenters. The number of methoxy groups -OCH3 is 1. The van der Waals surface area contributed by atoms with Gasteiger partial charge < -0.3 is 14.2 Å².